The first-order valence-electron chi connectivity index (χ1n) is 6.76. The molecule has 0 aliphatic rings. The van der Waals surface area contributed by atoms with Crippen LogP contribution in [0.25, 0.3) is 0 Å². The molecular formula is C15H20N4O. The fourth-order valence-electron chi connectivity index (χ4n) is 2.05. The summed E-state index contributed by atoms with van der Waals surface area (Å²) in [5.74, 6) is -0.0382. The molecule has 0 spiro atoms. The van der Waals surface area contributed by atoms with E-state index in [4.69, 9.17) is 0 Å². The van der Waals surface area contributed by atoms with E-state index >= 15 is 0 Å². The number of hydrogen-bond acceptors (Lipinski definition) is 3. The van der Waals surface area contributed by atoms with E-state index in [0.29, 0.717) is 12.1 Å². The molecule has 1 heterocycles. The molecule has 5 heteroatoms. The van der Waals surface area contributed by atoms with Crippen LogP contribution in [0.3, 0.4) is 0 Å². The number of carbonyl (C=O) groups is 1. The summed E-state index contributed by atoms with van der Waals surface area (Å²) >= 11 is 0. The summed E-state index contributed by atoms with van der Waals surface area (Å²) in [6.07, 6.45) is 1.73. The maximum absolute atomic E-state index is 11.8. The Morgan fingerprint density at radius 2 is 2.20 bits per heavy atom. The molecule has 0 bridgehead atoms. The molecule has 3 N–H and O–H groups in total. The molecule has 106 valence electrons. The zero-order valence-electron chi connectivity index (χ0n) is 12.0. The van der Waals surface area contributed by atoms with E-state index in [9.17, 15) is 4.79 Å². The van der Waals surface area contributed by atoms with Crippen LogP contribution in [-0.4, -0.2) is 22.6 Å². The van der Waals surface area contributed by atoms with Crippen molar-refractivity contribution < 1.29 is 4.79 Å². The Morgan fingerprint density at radius 3 is 2.80 bits per heavy atom. The van der Waals surface area contributed by atoms with Gasteiger partial charge in [0, 0.05) is 24.0 Å². The standard InChI is InChI=1S/C15H20N4O/c1-4-16-15(20)12-5-6-13(10(2)9-12)18-11(3)14-7-8-17-19-14/h5-9,11,18H,4H2,1-3H3,(H,16,20)(H,17,19). The number of amides is 1. The van der Waals surface area contributed by atoms with Crippen molar-refractivity contribution in [3.63, 3.8) is 0 Å². The van der Waals surface area contributed by atoms with Crippen molar-refractivity contribution in [2.24, 2.45) is 0 Å². The van der Waals surface area contributed by atoms with Gasteiger partial charge < -0.3 is 10.6 Å². The molecule has 20 heavy (non-hydrogen) atoms. The fraction of sp³-hybridized carbons (Fsp3) is 0.333. The van der Waals surface area contributed by atoms with Crippen molar-refractivity contribution in [1.29, 1.82) is 0 Å². The lowest BCUT2D eigenvalue weighted by Crippen LogP contribution is -2.22. The zero-order chi connectivity index (χ0) is 14.5. The average Bonchev–Trinajstić information content (AvgIpc) is 2.95. The summed E-state index contributed by atoms with van der Waals surface area (Å²) in [4.78, 5) is 11.8. The molecule has 0 fully saturated rings. The summed E-state index contributed by atoms with van der Waals surface area (Å²) in [7, 11) is 0. The molecule has 1 aromatic heterocycles. The molecule has 0 saturated heterocycles. The Hall–Kier alpha value is -2.30. The van der Waals surface area contributed by atoms with E-state index in [1.165, 1.54) is 0 Å². The van der Waals surface area contributed by atoms with Crippen molar-refractivity contribution in [2.45, 2.75) is 26.8 Å². The minimum Gasteiger partial charge on any atom is -0.377 e. The van der Waals surface area contributed by atoms with Gasteiger partial charge in [0.1, 0.15) is 0 Å². The van der Waals surface area contributed by atoms with Crippen molar-refractivity contribution in [3.8, 4) is 0 Å². The summed E-state index contributed by atoms with van der Waals surface area (Å²) in [6.45, 7) is 6.59. The first-order chi connectivity index (χ1) is 9.61. The van der Waals surface area contributed by atoms with Gasteiger partial charge in [-0.05, 0) is 50.6 Å². The fourth-order valence-corrected chi connectivity index (χ4v) is 2.05. The van der Waals surface area contributed by atoms with Crippen molar-refractivity contribution >= 4 is 11.6 Å². The smallest absolute Gasteiger partial charge is 0.251 e. The van der Waals surface area contributed by atoms with Crippen molar-refractivity contribution in [3.05, 3.63) is 47.3 Å². The number of carbonyl (C=O) groups excluding carboxylic acids is 1. The van der Waals surface area contributed by atoms with Crippen LogP contribution in [-0.2, 0) is 0 Å². The highest BCUT2D eigenvalue weighted by Gasteiger charge is 2.10. The van der Waals surface area contributed by atoms with Gasteiger partial charge in [0.25, 0.3) is 5.91 Å². The van der Waals surface area contributed by atoms with E-state index in [0.717, 1.165) is 16.9 Å². The Labute approximate surface area is 118 Å². The second-order valence-corrected chi connectivity index (χ2v) is 4.77. The SMILES string of the molecule is CCNC(=O)c1ccc(NC(C)c2ccn[nH]2)c(C)c1. The monoisotopic (exact) mass is 272 g/mol. The normalized spacial score (nSPS) is 11.9. The Morgan fingerprint density at radius 1 is 1.40 bits per heavy atom. The zero-order valence-corrected chi connectivity index (χ0v) is 12.0. The van der Waals surface area contributed by atoms with E-state index in [-0.39, 0.29) is 11.9 Å². The maximum Gasteiger partial charge on any atom is 0.251 e. The number of aryl methyl sites for hydroxylation is 1. The van der Waals surface area contributed by atoms with Gasteiger partial charge in [-0.2, -0.15) is 5.10 Å². The molecule has 5 nitrogen and oxygen atoms in total. The number of rotatable bonds is 5. The molecule has 1 aromatic carbocycles. The average molecular weight is 272 g/mol. The third kappa shape index (κ3) is 3.17. The summed E-state index contributed by atoms with van der Waals surface area (Å²) in [6, 6.07) is 7.74. The van der Waals surface area contributed by atoms with Gasteiger partial charge in [0.05, 0.1) is 11.7 Å². The first kappa shape index (κ1) is 14.1. The number of aromatic amines is 1. The van der Waals surface area contributed by atoms with Crippen LogP contribution in [0.1, 0.15) is 41.5 Å². The molecule has 2 rings (SSSR count). The van der Waals surface area contributed by atoms with Gasteiger partial charge in [-0.25, -0.2) is 0 Å². The molecular weight excluding hydrogens is 252 g/mol. The Bertz CT molecular complexity index is 578. The van der Waals surface area contributed by atoms with Crippen LogP contribution in [0.5, 0.6) is 0 Å². The predicted octanol–water partition coefficient (Wildman–Crippen LogP) is 2.64. The second kappa shape index (κ2) is 6.23. The molecule has 1 atom stereocenters. The topological polar surface area (TPSA) is 69.8 Å². The van der Waals surface area contributed by atoms with E-state index < -0.39 is 0 Å². The lowest BCUT2D eigenvalue weighted by molar-refractivity contribution is 0.0956. The summed E-state index contributed by atoms with van der Waals surface area (Å²) in [5, 5.41) is 13.1. The highest BCUT2D eigenvalue weighted by molar-refractivity contribution is 5.94. The summed E-state index contributed by atoms with van der Waals surface area (Å²) in [5.41, 5.74) is 3.77. The second-order valence-electron chi connectivity index (χ2n) is 4.77. The van der Waals surface area contributed by atoms with Crippen molar-refractivity contribution in [1.82, 2.24) is 15.5 Å². The first-order valence-corrected chi connectivity index (χ1v) is 6.76. The van der Waals surface area contributed by atoms with Crippen LogP contribution in [0, 0.1) is 6.92 Å². The third-order valence-electron chi connectivity index (χ3n) is 3.19. The molecule has 0 radical (unpaired) electrons. The van der Waals surface area contributed by atoms with Gasteiger partial charge in [-0.3, -0.25) is 9.89 Å². The molecule has 1 amide bonds. The molecule has 2 aromatic rings. The number of nitrogens with zero attached hydrogens (tertiary/aromatic N) is 1. The highest BCUT2D eigenvalue weighted by atomic mass is 16.1. The van der Waals surface area contributed by atoms with Crippen LogP contribution in [0.4, 0.5) is 5.69 Å². The highest BCUT2D eigenvalue weighted by Crippen LogP contribution is 2.22. The molecule has 0 aliphatic carbocycles. The Kier molecular flexibility index (Phi) is 4.40. The maximum atomic E-state index is 11.8. The number of hydrogen-bond donors (Lipinski definition) is 3. The molecule has 0 saturated carbocycles. The number of anilines is 1. The van der Waals surface area contributed by atoms with Gasteiger partial charge >= 0.3 is 0 Å². The van der Waals surface area contributed by atoms with Gasteiger partial charge in [-0.1, -0.05) is 0 Å². The van der Waals surface area contributed by atoms with E-state index in [1.54, 1.807) is 6.20 Å². The lowest BCUT2D eigenvalue weighted by atomic mass is 10.1. The van der Waals surface area contributed by atoms with Gasteiger partial charge in [0.15, 0.2) is 0 Å². The van der Waals surface area contributed by atoms with Crippen LogP contribution < -0.4 is 10.6 Å². The quantitative estimate of drug-likeness (QED) is 0.783. The minimum absolute atomic E-state index is 0.0382. The van der Waals surface area contributed by atoms with Crippen LogP contribution in [0.2, 0.25) is 0 Å². The number of H-pyrrole nitrogens is 1. The van der Waals surface area contributed by atoms with Crippen LogP contribution in [0.15, 0.2) is 30.5 Å². The van der Waals surface area contributed by atoms with Gasteiger partial charge in [0.2, 0.25) is 0 Å². The van der Waals surface area contributed by atoms with E-state index in [2.05, 4.69) is 27.8 Å². The number of nitrogens with one attached hydrogen (secondary N) is 3. The Balaban J connectivity index is 2.12. The molecule has 1 unspecified atom stereocenters. The third-order valence-corrected chi connectivity index (χ3v) is 3.19. The van der Waals surface area contributed by atoms with Crippen LogP contribution >= 0.6 is 0 Å². The van der Waals surface area contributed by atoms with Gasteiger partial charge in [-0.15, -0.1) is 0 Å². The summed E-state index contributed by atoms with van der Waals surface area (Å²) < 4.78 is 0. The van der Waals surface area contributed by atoms with E-state index in [1.807, 2.05) is 38.1 Å². The predicted molar refractivity (Wildman–Crippen MR) is 79.8 cm³/mol. The molecule has 0 aliphatic heterocycles. The lowest BCUT2D eigenvalue weighted by Gasteiger charge is -2.16. The van der Waals surface area contributed by atoms with Crippen molar-refractivity contribution in [2.75, 3.05) is 11.9 Å². The minimum atomic E-state index is -0.0382. The number of benzene rings is 1. The number of aromatic nitrogens is 2. The largest absolute Gasteiger partial charge is 0.377 e.